The van der Waals surface area contributed by atoms with Crippen molar-refractivity contribution in [3.63, 3.8) is 0 Å². The van der Waals surface area contributed by atoms with Crippen molar-refractivity contribution >= 4 is 5.91 Å². The van der Waals surface area contributed by atoms with E-state index in [1.165, 1.54) is 0 Å². The second-order valence-electron chi connectivity index (χ2n) is 6.91. The molecule has 0 bridgehead atoms. The Hall–Kier alpha value is -1.43. The van der Waals surface area contributed by atoms with Gasteiger partial charge in [-0.15, -0.1) is 5.10 Å². The Morgan fingerprint density at radius 3 is 2.85 bits per heavy atom. The van der Waals surface area contributed by atoms with Gasteiger partial charge in [0.05, 0.1) is 0 Å². The van der Waals surface area contributed by atoms with Gasteiger partial charge in [-0.3, -0.25) is 9.89 Å². The molecule has 2 N–H and O–H groups in total. The molecule has 0 aromatic carbocycles. The predicted molar refractivity (Wildman–Crippen MR) is 73.3 cm³/mol. The lowest BCUT2D eigenvalue weighted by atomic mass is 9.85. The van der Waals surface area contributed by atoms with Crippen LogP contribution in [0.15, 0.2) is 0 Å². The lowest BCUT2D eigenvalue weighted by molar-refractivity contribution is 0.0591. The standard InChI is InChI=1S/C14H21N5O/c1-14(2)10-6-15-5-9(10)7-19(14)13(20)12-16-11(17-18-12)8-3-4-8/h8-10,15H,3-7H2,1-2H3,(H,16,17,18). The molecule has 2 atom stereocenters. The van der Waals surface area contributed by atoms with Gasteiger partial charge in [0.25, 0.3) is 5.91 Å². The molecule has 2 saturated heterocycles. The van der Waals surface area contributed by atoms with E-state index in [0.717, 1.165) is 38.3 Å². The maximum atomic E-state index is 12.7. The molecule has 1 aromatic heterocycles. The predicted octanol–water partition coefficient (Wildman–Crippen LogP) is 0.752. The molecule has 1 saturated carbocycles. The number of fused-ring (bicyclic) bond motifs is 1. The zero-order valence-electron chi connectivity index (χ0n) is 12.0. The summed E-state index contributed by atoms with van der Waals surface area (Å²) in [5, 5.41) is 10.5. The molecule has 1 amide bonds. The minimum Gasteiger partial charge on any atom is -0.330 e. The summed E-state index contributed by atoms with van der Waals surface area (Å²) in [4.78, 5) is 19.1. The SMILES string of the molecule is CC1(C)C2CNCC2CN1C(=O)c1n[nH]c(C2CC2)n1. The second-order valence-corrected chi connectivity index (χ2v) is 6.91. The summed E-state index contributed by atoms with van der Waals surface area (Å²) in [7, 11) is 0. The van der Waals surface area contributed by atoms with Gasteiger partial charge < -0.3 is 10.2 Å². The Morgan fingerprint density at radius 1 is 1.35 bits per heavy atom. The first-order chi connectivity index (χ1) is 9.57. The van der Waals surface area contributed by atoms with Gasteiger partial charge in [-0.25, -0.2) is 4.98 Å². The highest BCUT2D eigenvalue weighted by atomic mass is 16.2. The highest BCUT2D eigenvalue weighted by molar-refractivity contribution is 5.91. The van der Waals surface area contributed by atoms with E-state index >= 15 is 0 Å². The molecule has 6 nitrogen and oxygen atoms in total. The van der Waals surface area contributed by atoms with Crippen molar-refractivity contribution < 1.29 is 4.79 Å². The third-order valence-electron chi connectivity index (χ3n) is 5.26. The topological polar surface area (TPSA) is 73.9 Å². The molecular weight excluding hydrogens is 254 g/mol. The third kappa shape index (κ3) is 1.70. The molecule has 3 heterocycles. The van der Waals surface area contributed by atoms with Crippen LogP contribution in [0.3, 0.4) is 0 Å². The largest absolute Gasteiger partial charge is 0.330 e. The molecule has 2 unspecified atom stereocenters. The van der Waals surface area contributed by atoms with Crippen LogP contribution in [0.2, 0.25) is 0 Å². The molecule has 6 heteroatoms. The van der Waals surface area contributed by atoms with Crippen molar-refractivity contribution in [2.45, 2.75) is 38.1 Å². The van der Waals surface area contributed by atoms with Gasteiger partial charge in [0, 0.05) is 31.1 Å². The van der Waals surface area contributed by atoms with E-state index in [-0.39, 0.29) is 11.4 Å². The van der Waals surface area contributed by atoms with E-state index in [1.54, 1.807) is 0 Å². The van der Waals surface area contributed by atoms with Crippen LogP contribution >= 0.6 is 0 Å². The first-order valence-corrected chi connectivity index (χ1v) is 7.52. The molecule has 3 fully saturated rings. The van der Waals surface area contributed by atoms with Crippen LogP contribution in [0.1, 0.15) is 49.1 Å². The molecule has 1 aromatic rings. The number of likely N-dealkylation sites (tertiary alicyclic amines) is 1. The maximum absolute atomic E-state index is 12.7. The van der Waals surface area contributed by atoms with E-state index < -0.39 is 0 Å². The monoisotopic (exact) mass is 275 g/mol. The number of nitrogens with one attached hydrogen (secondary N) is 2. The van der Waals surface area contributed by atoms with Gasteiger partial charge in [0.2, 0.25) is 5.82 Å². The van der Waals surface area contributed by atoms with E-state index in [1.807, 2.05) is 4.90 Å². The number of amides is 1. The van der Waals surface area contributed by atoms with Crippen LogP contribution in [0.25, 0.3) is 0 Å². The van der Waals surface area contributed by atoms with Crippen LogP contribution in [0.4, 0.5) is 0 Å². The maximum Gasteiger partial charge on any atom is 0.293 e. The Kier molecular flexibility index (Phi) is 2.49. The summed E-state index contributed by atoms with van der Waals surface area (Å²) in [6, 6.07) is 0. The van der Waals surface area contributed by atoms with Crippen molar-refractivity contribution in [3.8, 4) is 0 Å². The molecule has 108 valence electrons. The molecule has 2 aliphatic heterocycles. The first-order valence-electron chi connectivity index (χ1n) is 7.52. The second kappa shape index (κ2) is 4.04. The third-order valence-corrected chi connectivity index (χ3v) is 5.26. The minimum absolute atomic E-state index is 0.0208. The van der Waals surface area contributed by atoms with Gasteiger partial charge in [0.15, 0.2) is 0 Å². The van der Waals surface area contributed by atoms with Gasteiger partial charge >= 0.3 is 0 Å². The fourth-order valence-electron chi connectivity index (χ4n) is 3.80. The Bertz CT molecular complexity index is 548. The Morgan fingerprint density at radius 2 is 2.15 bits per heavy atom. The number of aromatic amines is 1. The van der Waals surface area contributed by atoms with E-state index in [4.69, 9.17) is 0 Å². The van der Waals surface area contributed by atoms with Crippen LogP contribution in [0, 0.1) is 11.8 Å². The normalized spacial score (nSPS) is 31.6. The summed E-state index contributed by atoms with van der Waals surface area (Å²) in [5.41, 5.74) is -0.119. The van der Waals surface area contributed by atoms with Gasteiger partial charge in [-0.05, 0) is 38.5 Å². The number of carbonyl (C=O) groups excluding carboxylic acids is 1. The van der Waals surface area contributed by atoms with Crippen molar-refractivity contribution in [1.29, 1.82) is 0 Å². The van der Waals surface area contributed by atoms with Crippen LogP contribution < -0.4 is 5.32 Å². The highest BCUT2D eigenvalue weighted by Crippen LogP contribution is 2.41. The summed E-state index contributed by atoms with van der Waals surface area (Å²) in [6.45, 7) is 7.16. The van der Waals surface area contributed by atoms with Crippen molar-refractivity contribution in [1.82, 2.24) is 25.4 Å². The van der Waals surface area contributed by atoms with Crippen molar-refractivity contribution in [3.05, 3.63) is 11.6 Å². The summed E-state index contributed by atoms with van der Waals surface area (Å²) < 4.78 is 0. The number of H-pyrrole nitrogens is 1. The Labute approximate surface area is 118 Å². The zero-order chi connectivity index (χ0) is 13.9. The Balaban J connectivity index is 1.58. The van der Waals surface area contributed by atoms with Crippen LogP contribution in [-0.4, -0.2) is 51.2 Å². The van der Waals surface area contributed by atoms with E-state index in [9.17, 15) is 4.79 Å². The molecular formula is C14H21N5O. The molecule has 0 radical (unpaired) electrons. The van der Waals surface area contributed by atoms with Crippen molar-refractivity contribution in [2.75, 3.05) is 19.6 Å². The van der Waals surface area contributed by atoms with Gasteiger partial charge in [0.1, 0.15) is 5.82 Å². The summed E-state index contributed by atoms with van der Waals surface area (Å²) >= 11 is 0. The average Bonchev–Trinajstić information content (AvgIpc) is 2.90. The van der Waals surface area contributed by atoms with Gasteiger partial charge in [-0.1, -0.05) is 0 Å². The first kappa shape index (κ1) is 12.3. The zero-order valence-corrected chi connectivity index (χ0v) is 12.0. The lowest BCUT2D eigenvalue weighted by Crippen LogP contribution is -2.48. The number of hydrogen-bond donors (Lipinski definition) is 2. The molecule has 20 heavy (non-hydrogen) atoms. The molecule has 3 aliphatic rings. The van der Waals surface area contributed by atoms with E-state index in [2.05, 4.69) is 34.3 Å². The molecule has 0 spiro atoms. The molecule has 1 aliphatic carbocycles. The quantitative estimate of drug-likeness (QED) is 0.835. The smallest absolute Gasteiger partial charge is 0.293 e. The fraction of sp³-hybridized carbons (Fsp3) is 0.786. The highest BCUT2D eigenvalue weighted by Gasteiger charge is 2.52. The van der Waals surface area contributed by atoms with Crippen LogP contribution in [0.5, 0.6) is 0 Å². The average molecular weight is 275 g/mol. The lowest BCUT2D eigenvalue weighted by Gasteiger charge is -2.34. The number of hydrogen-bond acceptors (Lipinski definition) is 4. The van der Waals surface area contributed by atoms with E-state index in [0.29, 0.717) is 23.6 Å². The summed E-state index contributed by atoms with van der Waals surface area (Å²) in [6.07, 6.45) is 2.32. The van der Waals surface area contributed by atoms with Crippen molar-refractivity contribution in [2.24, 2.45) is 11.8 Å². The minimum atomic E-state index is -0.119. The number of rotatable bonds is 2. The molecule has 4 rings (SSSR count). The summed E-state index contributed by atoms with van der Waals surface area (Å²) in [5.74, 6) is 2.80. The van der Waals surface area contributed by atoms with Gasteiger partial charge in [-0.2, -0.15) is 0 Å². The number of nitrogens with zero attached hydrogens (tertiary/aromatic N) is 3. The number of carbonyl (C=O) groups is 1. The fourth-order valence-corrected chi connectivity index (χ4v) is 3.80. The number of aromatic nitrogens is 3. The van der Waals surface area contributed by atoms with Crippen LogP contribution in [-0.2, 0) is 0 Å².